The number of hydrogen-bond donors (Lipinski definition) is 0. The highest BCUT2D eigenvalue weighted by atomic mass is 14.0. The van der Waals surface area contributed by atoms with E-state index in [0.717, 1.165) is 12.8 Å². The van der Waals surface area contributed by atoms with E-state index in [0.29, 0.717) is 5.92 Å². The van der Waals surface area contributed by atoms with E-state index in [1.165, 1.54) is 5.57 Å². The summed E-state index contributed by atoms with van der Waals surface area (Å²) < 4.78 is 0. The molecule has 0 heteroatoms. The molecule has 0 amide bonds. The molecule has 0 aromatic rings. The molecule has 0 radical (unpaired) electrons. The van der Waals surface area contributed by atoms with Crippen LogP contribution in [0.15, 0.2) is 36.3 Å². The fourth-order valence-corrected chi connectivity index (χ4v) is 0.953. The van der Waals surface area contributed by atoms with Gasteiger partial charge in [0.1, 0.15) is 0 Å². The highest BCUT2D eigenvalue weighted by Crippen LogP contribution is 2.14. The molecule has 0 heterocycles. The third-order valence-corrected chi connectivity index (χ3v) is 1.75. The highest BCUT2D eigenvalue weighted by molar-refractivity contribution is 4.99. The lowest BCUT2D eigenvalue weighted by atomic mass is 9.98. The molecule has 0 aromatic heterocycles. The van der Waals surface area contributed by atoms with Crippen molar-refractivity contribution >= 4 is 0 Å². The Hall–Kier alpha value is -0.960. The maximum Gasteiger partial charge on any atom is -0.0117 e. The Balaban J connectivity index is 4.08. The molecule has 0 bridgehead atoms. The van der Waals surface area contributed by atoms with Gasteiger partial charge in [0.05, 0.1) is 0 Å². The van der Waals surface area contributed by atoms with Gasteiger partial charge in [-0.3, -0.25) is 0 Å². The standard InChI is InChI=1S/C11H16/c1-5-8-11(7-3)9-10(4)6-2/h8,11H,1-2,7,9H2,3-4H3. The minimum Gasteiger partial charge on any atom is -0.133 e. The van der Waals surface area contributed by atoms with Crippen molar-refractivity contribution in [2.75, 3.05) is 0 Å². The Labute approximate surface area is 69.6 Å². The average Bonchev–Trinajstić information content (AvgIpc) is 2.03. The zero-order chi connectivity index (χ0) is 8.69. The molecule has 1 unspecified atom stereocenters. The van der Waals surface area contributed by atoms with Crippen LogP contribution < -0.4 is 0 Å². The van der Waals surface area contributed by atoms with E-state index in [1.54, 1.807) is 0 Å². The van der Waals surface area contributed by atoms with Gasteiger partial charge in [0.2, 0.25) is 0 Å². The molecule has 0 N–H and O–H groups in total. The van der Waals surface area contributed by atoms with Crippen LogP contribution in [-0.4, -0.2) is 0 Å². The summed E-state index contributed by atoms with van der Waals surface area (Å²) in [6.07, 6.45) is 4.17. The third-order valence-electron chi connectivity index (χ3n) is 1.75. The van der Waals surface area contributed by atoms with Gasteiger partial charge in [0.15, 0.2) is 0 Å². The zero-order valence-electron chi connectivity index (χ0n) is 7.48. The molecule has 1 atom stereocenters. The van der Waals surface area contributed by atoms with Crippen molar-refractivity contribution in [3.05, 3.63) is 36.3 Å². The normalized spacial score (nSPS) is 11.1. The van der Waals surface area contributed by atoms with E-state index in [-0.39, 0.29) is 0 Å². The smallest absolute Gasteiger partial charge is 0.0117 e. The van der Waals surface area contributed by atoms with Gasteiger partial charge in [-0.2, -0.15) is 0 Å². The van der Waals surface area contributed by atoms with Crippen molar-refractivity contribution in [1.29, 1.82) is 0 Å². The molecule has 0 rings (SSSR count). The summed E-state index contributed by atoms with van der Waals surface area (Å²) in [7, 11) is 0. The molecule has 60 valence electrons. The predicted molar refractivity (Wildman–Crippen MR) is 50.4 cm³/mol. The minimum atomic E-state index is 0.557. The van der Waals surface area contributed by atoms with Gasteiger partial charge in [-0.25, -0.2) is 0 Å². The molecule has 0 saturated heterocycles. The summed E-state index contributed by atoms with van der Waals surface area (Å²) in [6, 6.07) is 0. The first kappa shape index (κ1) is 10.0. The summed E-state index contributed by atoms with van der Waals surface area (Å²) in [5, 5.41) is 0. The fourth-order valence-electron chi connectivity index (χ4n) is 0.953. The Bertz CT molecular complexity index is 198. The van der Waals surface area contributed by atoms with Crippen molar-refractivity contribution in [3.8, 4) is 0 Å². The van der Waals surface area contributed by atoms with Crippen LogP contribution in [0.2, 0.25) is 0 Å². The fraction of sp³-hybridized carbons (Fsp3) is 0.455. The maximum absolute atomic E-state index is 3.60. The lowest BCUT2D eigenvalue weighted by Gasteiger charge is -2.06. The van der Waals surface area contributed by atoms with Crippen molar-refractivity contribution in [2.45, 2.75) is 26.7 Å². The number of hydrogen-bond acceptors (Lipinski definition) is 0. The monoisotopic (exact) mass is 148 g/mol. The van der Waals surface area contributed by atoms with Gasteiger partial charge < -0.3 is 0 Å². The highest BCUT2D eigenvalue weighted by Gasteiger charge is 2.01. The van der Waals surface area contributed by atoms with Gasteiger partial charge in [-0.15, -0.1) is 11.5 Å². The molecular weight excluding hydrogens is 132 g/mol. The average molecular weight is 148 g/mol. The molecule has 0 aromatic carbocycles. The Morgan fingerprint density at radius 3 is 2.55 bits per heavy atom. The molecule has 0 fully saturated rings. The second-order valence-electron chi connectivity index (χ2n) is 2.70. The Morgan fingerprint density at radius 1 is 1.55 bits per heavy atom. The van der Waals surface area contributed by atoms with Crippen LogP contribution in [0.5, 0.6) is 0 Å². The second kappa shape index (κ2) is 5.80. The largest absolute Gasteiger partial charge is 0.133 e. The lowest BCUT2D eigenvalue weighted by Crippen LogP contribution is -1.93. The maximum atomic E-state index is 3.60. The first-order chi connectivity index (χ1) is 5.24. The van der Waals surface area contributed by atoms with Crippen LogP contribution in [-0.2, 0) is 0 Å². The van der Waals surface area contributed by atoms with Crippen molar-refractivity contribution in [2.24, 2.45) is 5.92 Å². The van der Waals surface area contributed by atoms with Crippen LogP contribution >= 0.6 is 0 Å². The first-order valence-corrected chi connectivity index (χ1v) is 3.96. The van der Waals surface area contributed by atoms with Crippen molar-refractivity contribution < 1.29 is 0 Å². The molecule has 0 aliphatic rings. The van der Waals surface area contributed by atoms with Crippen LogP contribution in [0.4, 0.5) is 0 Å². The van der Waals surface area contributed by atoms with E-state index >= 15 is 0 Å². The molecule has 0 nitrogen and oxygen atoms in total. The van der Waals surface area contributed by atoms with Gasteiger partial charge in [0, 0.05) is 0 Å². The van der Waals surface area contributed by atoms with Crippen LogP contribution in [0, 0.1) is 5.92 Å². The summed E-state index contributed by atoms with van der Waals surface area (Å²) in [6.45, 7) is 11.4. The molecule has 0 aliphatic carbocycles. The Kier molecular flexibility index (Phi) is 5.29. The quantitative estimate of drug-likeness (QED) is 0.535. The predicted octanol–water partition coefficient (Wildman–Crippen LogP) is 3.48. The van der Waals surface area contributed by atoms with E-state index in [2.05, 4.69) is 31.5 Å². The van der Waals surface area contributed by atoms with Crippen molar-refractivity contribution in [3.63, 3.8) is 0 Å². The molecule has 0 spiro atoms. The number of allylic oxidation sites excluding steroid dienone is 2. The van der Waals surface area contributed by atoms with E-state index in [4.69, 9.17) is 0 Å². The summed E-state index contributed by atoms with van der Waals surface area (Å²) in [5.41, 5.74) is 6.91. The molecule has 0 aliphatic heterocycles. The zero-order valence-corrected chi connectivity index (χ0v) is 7.48. The molecular formula is C11H16. The number of rotatable bonds is 4. The van der Waals surface area contributed by atoms with Gasteiger partial charge in [-0.05, 0) is 37.3 Å². The van der Waals surface area contributed by atoms with Gasteiger partial charge >= 0.3 is 0 Å². The van der Waals surface area contributed by atoms with Crippen LogP contribution in [0.1, 0.15) is 26.7 Å². The van der Waals surface area contributed by atoms with Crippen LogP contribution in [0.25, 0.3) is 0 Å². The van der Waals surface area contributed by atoms with Gasteiger partial charge in [-0.1, -0.05) is 20.1 Å². The van der Waals surface area contributed by atoms with E-state index in [9.17, 15) is 0 Å². The summed E-state index contributed by atoms with van der Waals surface area (Å²) in [5.74, 6) is 0.557. The van der Waals surface area contributed by atoms with Gasteiger partial charge in [0.25, 0.3) is 0 Å². The van der Waals surface area contributed by atoms with Crippen molar-refractivity contribution in [1.82, 2.24) is 0 Å². The molecule has 0 saturated carbocycles. The summed E-state index contributed by atoms with van der Waals surface area (Å²) >= 11 is 0. The minimum absolute atomic E-state index is 0.557. The Morgan fingerprint density at radius 2 is 2.18 bits per heavy atom. The van der Waals surface area contributed by atoms with E-state index in [1.807, 2.05) is 13.0 Å². The third kappa shape index (κ3) is 4.44. The lowest BCUT2D eigenvalue weighted by molar-refractivity contribution is 0.622. The van der Waals surface area contributed by atoms with Crippen LogP contribution in [0.3, 0.4) is 0 Å². The summed E-state index contributed by atoms with van der Waals surface area (Å²) in [4.78, 5) is 0. The molecule has 11 heavy (non-hydrogen) atoms. The topological polar surface area (TPSA) is 0 Å². The SMILES string of the molecule is C=C=CC(CC)CC(C)=C=C. The van der Waals surface area contributed by atoms with E-state index < -0.39 is 0 Å². The first-order valence-electron chi connectivity index (χ1n) is 3.96. The second-order valence-corrected chi connectivity index (χ2v) is 2.70.